The number of likely N-dealkylation sites (N-methyl/N-ethyl adjacent to an activating group) is 1. The van der Waals surface area contributed by atoms with Crippen LogP contribution in [0.15, 0.2) is 47.5 Å². The minimum Gasteiger partial charge on any atom is -0.493 e. The fourth-order valence-corrected chi connectivity index (χ4v) is 2.86. The molecule has 4 heteroatoms. The van der Waals surface area contributed by atoms with Crippen molar-refractivity contribution in [2.24, 2.45) is 4.99 Å². The molecule has 0 saturated heterocycles. The summed E-state index contributed by atoms with van der Waals surface area (Å²) < 4.78 is 10.8. The van der Waals surface area contributed by atoms with Crippen LogP contribution in [0.5, 0.6) is 11.5 Å². The van der Waals surface area contributed by atoms with Crippen molar-refractivity contribution in [1.82, 2.24) is 0 Å². The largest absolute Gasteiger partial charge is 0.493 e. The average molecular weight is 297 g/mol. The molecule has 1 N–H and O–H groups in total. The van der Waals surface area contributed by atoms with Gasteiger partial charge in [0, 0.05) is 17.7 Å². The molecule has 0 aromatic heterocycles. The van der Waals surface area contributed by atoms with E-state index in [0.717, 1.165) is 28.4 Å². The van der Waals surface area contributed by atoms with Crippen LogP contribution < -0.4 is 14.4 Å². The van der Waals surface area contributed by atoms with Gasteiger partial charge in [-0.05, 0) is 6.92 Å². The van der Waals surface area contributed by atoms with E-state index in [2.05, 4.69) is 26.1 Å². The van der Waals surface area contributed by atoms with E-state index in [1.165, 1.54) is 4.90 Å². The lowest BCUT2D eigenvalue weighted by molar-refractivity contribution is -0.824. The van der Waals surface area contributed by atoms with Crippen LogP contribution >= 0.6 is 0 Å². The number of aliphatic imine (C=N–C) groups is 1. The van der Waals surface area contributed by atoms with Crippen LogP contribution in [0.1, 0.15) is 12.5 Å². The van der Waals surface area contributed by atoms with E-state index >= 15 is 0 Å². The summed E-state index contributed by atoms with van der Waals surface area (Å²) in [4.78, 5) is 6.19. The molecular formula is C18H21N2O2+. The van der Waals surface area contributed by atoms with E-state index < -0.39 is 0 Å². The molecule has 114 valence electrons. The van der Waals surface area contributed by atoms with Crippen molar-refractivity contribution in [2.75, 3.05) is 21.3 Å². The summed E-state index contributed by atoms with van der Waals surface area (Å²) in [6.45, 7) is 2.20. The molecule has 2 aromatic rings. The number of nitrogens with one attached hydrogen (secondary N) is 1. The minimum atomic E-state index is 0.271. The average Bonchev–Trinajstić information content (AvgIpc) is 2.57. The lowest BCUT2D eigenvalue weighted by Crippen LogP contribution is -3.09. The number of rotatable bonds is 3. The number of methoxy groups -OCH3 is 2. The third kappa shape index (κ3) is 2.35. The molecule has 2 aromatic carbocycles. The van der Waals surface area contributed by atoms with Gasteiger partial charge in [-0.15, -0.1) is 0 Å². The van der Waals surface area contributed by atoms with Crippen molar-refractivity contribution in [1.29, 1.82) is 0 Å². The molecule has 0 bridgehead atoms. The molecule has 0 aliphatic carbocycles. The summed E-state index contributed by atoms with van der Waals surface area (Å²) in [6.07, 6.45) is 0. The molecule has 0 radical (unpaired) electrons. The number of benzene rings is 2. The second-order valence-electron chi connectivity index (χ2n) is 5.49. The Morgan fingerprint density at radius 2 is 1.64 bits per heavy atom. The van der Waals surface area contributed by atoms with Crippen molar-refractivity contribution in [3.8, 4) is 11.5 Å². The monoisotopic (exact) mass is 297 g/mol. The van der Waals surface area contributed by atoms with Gasteiger partial charge < -0.3 is 9.47 Å². The Morgan fingerprint density at radius 3 is 2.27 bits per heavy atom. The first-order valence-corrected chi connectivity index (χ1v) is 7.39. The van der Waals surface area contributed by atoms with Gasteiger partial charge in [-0.25, -0.2) is 4.99 Å². The first-order valence-electron chi connectivity index (χ1n) is 7.39. The highest BCUT2D eigenvalue weighted by atomic mass is 16.5. The Morgan fingerprint density at radius 1 is 1.00 bits per heavy atom. The van der Waals surface area contributed by atoms with Crippen molar-refractivity contribution in [3.05, 3.63) is 48.0 Å². The van der Waals surface area contributed by atoms with Gasteiger partial charge in [0.1, 0.15) is 17.4 Å². The van der Waals surface area contributed by atoms with Crippen LogP contribution in [0.4, 0.5) is 11.4 Å². The number of fused-ring (bicyclic) bond motifs is 1. The molecular weight excluding hydrogens is 276 g/mol. The number of hydrogen-bond acceptors (Lipinski definition) is 3. The summed E-state index contributed by atoms with van der Waals surface area (Å²) in [5, 5.41) is 0. The molecule has 0 saturated carbocycles. The minimum absolute atomic E-state index is 0.271. The Balaban J connectivity index is 2.16. The topological polar surface area (TPSA) is 35.3 Å². The maximum absolute atomic E-state index is 5.41. The van der Waals surface area contributed by atoms with Gasteiger partial charge >= 0.3 is 0 Å². The lowest BCUT2D eigenvalue weighted by Gasteiger charge is -2.29. The Kier molecular flexibility index (Phi) is 3.86. The van der Waals surface area contributed by atoms with E-state index in [0.29, 0.717) is 5.75 Å². The maximum Gasteiger partial charge on any atom is 0.166 e. The summed E-state index contributed by atoms with van der Waals surface area (Å²) in [7, 11) is 5.46. The highest BCUT2D eigenvalue weighted by Gasteiger charge is 2.31. The first-order chi connectivity index (χ1) is 10.7. The molecule has 0 amide bonds. The predicted octanol–water partition coefficient (Wildman–Crippen LogP) is 2.37. The highest BCUT2D eigenvalue weighted by Crippen LogP contribution is 2.38. The standard InChI is InChI=1S/C18H20N2O2/c1-12-18(13-8-6-5-7-9-13)19-14-10-16(21-3)17(22-4)11-15(14)20(12)2/h5-12H,1-4H3/p+1. The Bertz CT molecular complexity index is 711. The zero-order valence-corrected chi connectivity index (χ0v) is 13.4. The molecule has 1 aliphatic heterocycles. The van der Waals surface area contributed by atoms with Crippen LogP contribution in [0, 0.1) is 0 Å². The first kappa shape index (κ1) is 14.6. The van der Waals surface area contributed by atoms with Crippen LogP contribution in [0.2, 0.25) is 0 Å². The van der Waals surface area contributed by atoms with Crippen molar-refractivity contribution in [3.63, 3.8) is 0 Å². The summed E-state index contributed by atoms with van der Waals surface area (Å²) >= 11 is 0. The zero-order valence-electron chi connectivity index (χ0n) is 13.4. The van der Waals surface area contributed by atoms with Crippen molar-refractivity contribution >= 4 is 17.1 Å². The molecule has 1 aliphatic rings. The molecule has 0 fully saturated rings. The number of hydrogen-bond donors (Lipinski definition) is 1. The van der Waals surface area contributed by atoms with Gasteiger partial charge in [-0.3, -0.25) is 4.90 Å². The maximum atomic E-state index is 5.41. The molecule has 3 rings (SSSR count). The number of quaternary nitrogens is 1. The van der Waals surface area contributed by atoms with Gasteiger partial charge in [0.15, 0.2) is 17.2 Å². The second-order valence-corrected chi connectivity index (χ2v) is 5.49. The van der Waals surface area contributed by atoms with Gasteiger partial charge in [0.05, 0.1) is 21.3 Å². The zero-order chi connectivity index (χ0) is 15.7. The number of ether oxygens (including phenoxy) is 2. The van der Waals surface area contributed by atoms with Gasteiger partial charge in [-0.1, -0.05) is 30.3 Å². The summed E-state index contributed by atoms with van der Waals surface area (Å²) in [5.41, 5.74) is 4.32. The molecule has 22 heavy (non-hydrogen) atoms. The SMILES string of the molecule is COc1cc2c(cc1OC)[NH+](C)C(C)C(c1ccccc1)=N2. The number of nitrogens with zero attached hydrogens (tertiary/aromatic N) is 1. The fourth-order valence-electron chi connectivity index (χ4n) is 2.86. The van der Waals surface area contributed by atoms with Crippen LogP contribution in [0.3, 0.4) is 0 Å². The van der Waals surface area contributed by atoms with Crippen LogP contribution in [-0.4, -0.2) is 33.0 Å². The molecule has 1 heterocycles. The fraction of sp³-hybridized carbons (Fsp3) is 0.278. The summed E-state index contributed by atoms with van der Waals surface area (Å²) in [6, 6.07) is 14.6. The third-order valence-corrected chi connectivity index (χ3v) is 4.30. The van der Waals surface area contributed by atoms with E-state index in [4.69, 9.17) is 14.5 Å². The van der Waals surface area contributed by atoms with Crippen LogP contribution in [-0.2, 0) is 0 Å². The van der Waals surface area contributed by atoms with Gasteiger partial charge in [0.25, 0.3) is 0 Å². The molecule has 2 atom stereocenters. The lowest BCUT2D eigenvalue weighted by atomic mass is 10.00. The van der Waals surface area contributed by atoms with E-state index in [9.17, 15) is 0 Å². The molecule has 4 nitrogen and oxygen atoms in total. The smallest absolute Gasteiger partial charge is 0.166 e. The van der Waals surface area contributed by atoms with Gasteiger partial charge in [-0.2, -0.15) is 0 Å². The normalized spacial score (nSPS) is 20.1. The Labute approximate surface area is 131 Å². The third-order valence-electron chi connectivity index (χ3n) is 4.30. The van der Waals surface area contributed by atoms with Crippen LogP contribution in [0.25, 0.3) is 0 Å². The van der Waals surface area contributed by atoms with Crippen molar-refractivity contribution in [2.45, 2.75) is 13.0 Å². The quantitative estimate of drug-likeness (QED) is 0.944. The van der Waals surface area contributed by atoms with E-state index in [1.54, 1.807) is 14.2 Å². The summed E-state index contributed by atoms with van der Waals surface area (Å²) in [5.74, 6) is 1.45. The molecule has 0 spiro atoms. The Hall–Kier alpha value is -2.33. The highest BCUT2D eigenvalue weighted by molar-refractivity contribution is 6.06. The van der Waals surface area contributed by atoms with Gasteiger partial charge in [0.2, 0.25) is 0 Å². The second kappa shape index (κ2) is 5.81. The predicted molar refractivity (Wildman–Crippen MR) is 88.2 cm³/mol. The van der Waals surface area contributed by atoms with Crippen molar-refractivity contribution < 1.29 is 14.4 Å². The van der Waals surface area contributed by atoms with E-state index in [1.807, 2.05) is 30.3 Å². The molecule has 2 unspecified atom stereocenters. The van der Waals surface area contributed by atoms with E-state index in [-0.39, 0.29) is 6.04 Å².